The molecular weight excluding hydrogens is 154 g/mol. The maximum absolute atomic E-state index is 9.36. The highest BCUT2D eigenvalue weighted by atomic mass is 16.3. The van der Waals surface area contributed by atoms with Crippen molar-refractivity contribution in [2.24, 2.45) is 0 Å². The molecule has 0 saturated heterocycles. The molecule has 0 aromatic heterocycles. The molecule has 0 fully saturated rings. The molecule has 0 saturated carbocycles. The van der Waals surface area contributed by atoms with Gasteiger partial charge in [0, 0.05) is 13.1 Å². The van der Waals surface area contributed by atoms with Crippen molar-refractivity contribution in [3.05, 3.63) is 0 Å². The quantitative estimate of drug-likeness (QED) is 0.591. The fraction of sp³-hybridized carbons (Fsp3) is 1.00. The zero-order valence-electron chi connectivity index (χ0n) is 8.16. The lowest BCUT2D eigenvalue weighted by Gasteiger charge is -2.22. The molecule has 0 aromatic carbocycles. The molecule has 12 heavy (non-hydrogen) atoms. The molecule has 2 N–H and O–H groups in total. The van der Waals surface area contributed by atoms with Gasteiger partial charge in [0.1, 0.15) is 0 Å². The first-order chi connectivity index (χ1) is 5.74. The fourth-order valence-corrected chi connectivity index (χ4v) is 1.18. The molecule has 0 rings (SSSR count). The van der Waals surface area contributed by atoms with Crippen LogP contribution in [0.4, 0.5) is 0 Å². The molecular formula is C9H21NO2. The monoisotopic (exact) mass is 175 g/mol. The standard InChI is InChI=1S/C9H21NO2/c1-3-5-10(6-7-11)8-9(12)4-2/h9,11-12H,3-8H2,1-2H3. The Morgan fingerprint density at radius 1 is 1.25 bits per heavy atom. The van der Waals surface area contributed by atoms with Gasteiger partial charge in [-0.05, 0) is 19.4 Å². The van der Waals surface area contributed by atoms with Gasteiger partial charge in [0.25, 0.3) is 0 Å². The third kappa shape index (κ3) is 5.52. The van der Waals surface area contributed by atoms with E-state index < -0.39 is 0 Å². The topological polar surface area (TPSA) is 43.7 Å². The maximum Gasteiger partial charge on any atom is 0.0664 e. The first-order valence-electron chi connectivity index (χ1n) is 4.75. The number of nitrogens with zero attached hydrogens (tertiary/aromatic N) is 1. The first-order valence-corrected chi connectivity index (χ1v) is 4.75. The number of aliphatic hydroxyl groups excluding tert-OH is 2. The Balaban J connectivity index is 3.61. The van der Waals surface area contributed by atoms with Crippen molar-refractivity contribution >= 4 is 0 Å². The smallest absolute Gasteiger partial charge is 0.0664 e. The average Bonchev–Trinajstić information content (AvgIpc) is 2.05. The van der Waals surface area contributed by atoms with Gasteiger partial charge in [0.05, 0.1) is 12.7 Å². The molecule has 0 aliphatic rings. The third-order valence-corrected chi connectivity index (χ3v) is 1.90. The number of hydrogen-bond acceptors (Lipinski definition) is 3. The van der Waals surface area contributed by atoms with Gasteiger partial charge in [-0.3, -0.25) is 4.90 Å². The van der Waals surface area contributed by atoms with Crippen LogP contribution in [0.1, 0.15) is 26.7 Å². The van der Waals surface area contributed by atoms with Crippen LogP contribution in [0, 0.1) is 0 Å². The van der Waals surface area contributed by atoms with Crippen molar-refractivity contribution < 1.29 is 10.2 Å². The predicted octanol–water partition coefficient (Wildman–Crippen LogP) is 0.462. The van der Waals surface area contributed by atoms with E-state index in [9.17, 15) is 5.11 Å². The van der Waals surface area contributed by atoms with Crippen molar-refractivity contribution in [3.8, 4) is 0 Å². The van der Waals surface area contributed by atoms with E-state index in [4.69, 9.17) is 5.11 Å². The van der Waals surface area contributed by atoms with Crippen molar-refractivity contribution in [1.29, 1.82) is 0 Å². The molecule has 0 radical (unpaired) electrons. The summed E-state index contributed by atoms with van der Waals surface area (Å²) in [6.45, 7) is 6.56. The summed E-state index contributed by atoms with van der Waals surface area (Å²) in [6.07, 6.45) is 1.60. The van der Waals surface area contributed by atoms with Crippen LogP contribution in [-0.4, -0.2) is 47.5 Å². The molecule has 1 unspecified atom stereocenters. The molecule has 3 heteroatoms. The summed E-state index contributed by atoms with van der Waals surface area (Å²) in [7, 11) is 0. The minimum Gasteiger partial charge on any atom is -0.395 e. The minimum absolute atomic E-state index is 0.177. The second kappa shape index (κ2) is 7.53. The molecule has 0 heterocycles. The van der Waals surface area contributed by atoms with E-state index in [2.05, 4.69) is 11.8 Å². The number of rotatable bonds is 7. The van der Waals surface area contributed by atoms with Gasteiger partial charge < -0.3 is 10.2 Å². The van der Waals surface area contributed by atoms with E-state index in [0.29, 0.717) is 13.1 Å². The Morgan fingerprint density at radius 2 is 1.92 bits per heavy atom. The van der Waals surface area contributed by atoms with Gasteiger partial charge in [0.2, 0.25) is 0 Å². The highest BCUT2D eigenvalue weighted by Crippen LogP contribution is 1.97. The molecule has 0 bridgehead atoms. The van der Waals surface area contributed by atoms with Crippen molar-refractivity contribution in [1.82, 2.24) is 4.90 Å². The van der Waals surface area contributed by atoms with Crippen molar-refractivity contribution in [3.63, 3.8) is 0 Å². The van der Waals surface area contributed by atoms with E-state index in [0.717, 1.165) is 19.4 Å². The molecule has 0 aliphatic carbocycles. The summed E-state index contributed by atoms with van der Waals surface area (Å²) < 4.78 is 0. The van der Waals surface area contributed by atoms with Gasteiger partial charge in [0.15, 0.2) is 0 Å². The second-order valence-electron chi connectivity index (χ2n) is 3.09. The van der Waals surface area contributed by atoms with Gasteiger partial charge in [-0.25, -0.2) is 0 Å². The van der Waals surface area contributed by atoms with E-state index in [1.165, 1.54) is 0 Å². The van der Waals surface area contributed by atoms with Crippen molar-refractivity contribution in [2.45, 2.75) is 32.8 Å². The van der Waals surface area contributed by atoms with Crippen LogP contribution in [0.15, 0.2) is 0 Å². The van der Waals surface area contributed by atoms with Crippen LogP contribution in [0.2, 0.25) is 0 Å². The Kier molecular flexibility index (Phi) is 7.45. The van der Waals surface area contributed by atoms with Gasteiger partial charge in [-0.1, -0.05) is 13.8 Å². The largest absolute Gasteiger partial charge is 0.395 e. The molecule has 0 aromatic rings. The first kappa shape index (κ1) is 11.9. The molecule has 0 aliphatic heterocycles. The fourth-order valence-electron chi connectivity index (χ4n) is 1.18. The molecule has 0 amide bonds. The zero-order chi connectivity index (χ0) is 9.40. The van der Waals surface area contributed by atoms with Crippen molar-refractivity contribution in [2.75, 3.05) is 26.2 Å². The Bertz CT molecular complexity index is 92.5. The molecule has 3 nitrogen and oxygen atoms in total. The highest BCUT2D eigenvalue weighted by molar-refractivity contribution is 4.62. The normalized spacial score (nSPS) is 13.8. The van der Waals surface area contributed by atoms with Crippen LogP contribution in [0.5, 0.6) is 0 Å². The predicted molar refractivity (Wildman–Crippen MR) is 50.1 cm³/mol. The van der Waals surface area contributed by atoms with Crippen LogP contribution in [0.3, 0.4) is 0 Å². The van der Waals surface area contributed by atoms with E-state index in [1.807, 2.05) is 6.92 Å². The SMILES string of the molecule is CCCN(CCO)CC(O)CC. The van der Waals surface area contributed by atoms with Gasteiger partial charge in [-0.15, -0.1) is 0 Å². The summed E-state index contributed by atoms with van der Waals surface area (Å²) >= 11 is 0. The maximum atomic E-state index is 9.36. The Morgan fingerprint density at radius 3 is 2.33 bits per heavy atom. The lowest BCUT2D eigenvalue weighted by molar-refractivity contribution is 0.0970. The summed E-state index contributed by atoms with van der Waals surface area (Å²) in [4.78, 5) is 2.09. The van der Waals surface area contributed by atoms with E-state index in [1.54, 1.807) is 0 Å². The second-order valence-corrected chi connectivity index (χ2v) is 3.09. The van der Waals surface area contributed by atoms with Crippen LogP contribution in [0.25, 0.3) is 0 Å². The molecule has 74 valence electrons. The molecule has 1 atom stereocenters. The average molecular weight is 175 g/mol. The lowest BCUT2D eigenvalue weighted by atomic mass is 10.2. The number of aliphatic hydroxyl groups is 2. The lowest BCUT2D eigenvalue weighted by Crippen LogP contribution is -2.34. The third-order valence-electron chi connectivity index (χ3n) is 1.90. The minimum atomic E-state index is -0.247. The van der Waals surface area contributed by atoms with Gasteiger partial charge >= 0.3 is 0 Å². The summed E-state index contributed by atoms with van der Waals surface area (Å²) in [5, 5.41) is 18.1. The van der Waals surface area contributed by atoms with Crippen LogP contribution >= 0.6 is 0 Å². The summed E-state index contributed by atoms with van der Waals surface area (Å²) in [6, 6.07) is 0. The highest BCUT2D eigenvalue weighted by Gasteiger charge is 2.07. The summed E-state index contributed by atoms with van der Waals surface area (Å²) in [5.74, 6) is 0. The Labute approximate surface area is 75.0 Å². The zero-order valence-corrected chi connectivity index (χ0v) is 8.16. The number of hydrogen-bond donors (Lipinski definition) is 2. The van der Waals surface area contributed by atoms with Crippen LogP contribution in [-0.2, 0) is 0 Å². The van der Waals surface area contributed by atoms with Crippen LogP contribution < -0.4 is 0 Å². The van der Waals surface area contributed by atoms with E-state index in [-0.39, 0.29) is 12.7 Å². The van der Waals surface area contributed by atoms with E-state index >= 15 is 0 Å². The summed E-state index contributed by atoms with van der Waals surface area (Å²) in [5.41, 5.74) is 0. The molecule has 0 spiro atoms. The Hall–Kier alpha value is -0.120. The van der Waals surface area contributed by atoms with Gasteiger partial charge in [-0.2, -0.15) is 0 Å².